The quantitative estimate of drug-likeness (QED) is 0.0615. The number of aromatic amines is 2. The van der Waals surface area contributed by atoms with Crippen molar-refractivity contribution in [3.8, 4) is 33.8 Å². The fourth-order valence-corrected chi connectivity index (χ4v) is 12.9. The molecule has 3 aliphatic heterocycles. The molecule has 3 saturated heterocycles. The molecule has 5 N–H and O–H groups in total. The summed E-state index contributed by atoms with van der Waals surface area (Å²) in [6.07, 6.45) is 17.1. The van der Waals surface area contributed by atoms with Crippen LogP contribution < -0.4 is 36.2 Å². The Morgan fingerprint density at radius 1 is 0.474 bits per heavy atom. The molecule has 0 saturated carbocycles. The number of nitrogens with zero attached hydrogens (tertiary/aromatic N) is 13. The van der Waals surface area contributed by atoms with Gasteiger partial charge in [-0.25, -0.2) is 15.0 Å². The predicted molar refractivity (Wildman–Crippen MR) is 386 cm³/mol. The highest BCUT2D eigenvalue weighted by molar-refractivity contribution is 5.82. The molecular formula is C75H84N18O2. The van der Waals surface area contributed by atoms with E-state index in [0.29, 0.717) is 18.5 Å². The first-order valence-corrected chi connectivity index (χ1v) is 33.0. The van der Waals surface area contributed by atoms with Gasteiger partial charge in [0.2, 0.25) is 5.56 Å². The number of carbonyl (C=O) groups is 1. The lowest BCUT2D eigenvalue weighted by Gasteiger charge is -2.38. The summed E-state index contributed by atoms with van der Waals surface area (Å²) in [5.74, 6) is 0.173. The molecule has 12 aromatic rings. The first-order chi connectivity index (χ1) is 46.3. The summed E-state index contributed by atoms with van der Waals surface area (Å²) >= 11 is 0. The summed E-state index contributed by atoms with van der Waals surface area (Å²) in [7, 11) is 2.18. The molecule has 95 heavy (non-hydrogen) atoms. The Balaban J connectivity index is 0.000000130. The standard InChI is InChI=1S/C29H33N5O.C25H28N6O.C21H23N7/c1-21(2)32-16-18-33(19-17-32)26-10-8-25(9-11-26)31-27-12-13-28(34-15-14-30-29(27)34)24-6-4-23(5-7-24)20-22(3)35;1-18(2)29-13-15-30(16-14-29)21-5-3-20(4-6-21)28-22-7-8-23(31-12-11-27-25(22)31)19-9-10-26-24(32)17-19;1-26-10-12-27(13-11-26)18-4-2-17(3-5-18)25-19-6-7-20(16-14-23-24-15-16)28-9-8-22-21(19)28/h4-15,21,31H,16-20H2,1-3H3;3-12,17-18,28H,13-16H2,1-2H3,(H,26,32);2-9,14-15,25H,10-13H2,1H3,(H,23,24). The first kappa shape index (κ1) is 63.2. The Labute approximate surface area is 554 Å². The zero-order valence-corrected chi connectivity index (χ0v) is 55.0. The van der Waals surface area contributed by atoms with Crippen LogP contribution in [0.1, 0.15) is 40.2 Å². The summed E-state index contributed by atoms with van der Waals surface area (Å²) in [5.41, 5.74) is 19.3. The third kappa shape index (κ3) is 14.8. The van der Waals surface area contributed by atoms with Gasteiger partial charge in [-0.2, -0.15) is 5.10 Å². The summed E-state index contributed by atoms with van der Waals surface area (Å²) < 4.78 is 6.18. The molecule has 4 aromatic carbocycles. The number of H-pyrrole nitrogens is 2. The van der Waals surface area contributed by atoms with Gasteiger partial charge < -0.3 is 40.5 Å². The van der Waals surface area contributed by atoms with Crippen LogP contribution in [-0.4, -0.2) is 161 Å². The van der Waals surface area contributed by atoms with Gasteiger partial charge in [0.15, 0.2) is 16.9 Å². The maximum absolute atomic E-state index is 11.7. The van der Waals surface area contributed by atoms with Gasteiger partial charge in [-0.15, -0.1) is 0 Å². The first-order valence-electron chi connectivity index (χ1n) is 33.0. The molecule has 0 radical (unpaired) electrons. The van der Waals surface area contributed by atoms with Crippen LogP contribution in [-0.2, 0) is 11.2 Å². The zero-order valence-electron chi connectivity index (χ0n) is 55.0. The highest BCUT2D eigenvalue weighted by Gasteiger charge is 2.22. The molecule has 0 amide bonds. The molecule has 3 aliphatic rings. The second-order valence-corrected chi connectivity index (χ2v) is 25.3. The van der Waals surface area contributed by atoms with Crippen molar-refractivity contribution in [3.05, 3.63) is 217 Å². The van der Waals surface area contributed by atoms with Crippen LogP contribution in [0.2, 0.25) is 0 Å². The van der Waals surface area contributed by atoms with E-state index in [1.807, 2.05) is 78.1 Å². The fourth-order valence-electron chi connectivity index (χ4n) is 12.9. The highest BCUT2D eigenvalue weighted by atomic mass is 16.1. The maximum Gasteiger partial charge on any atom is 0.248 e. The number of Topliss-reactive ketones (excluding diaryl/α,β-unsaturated/α-hetero) is 1. The van der Waals surface area contributed by atoms with Gasteiger partial charge in [0.1, 0.15) is 5.78 Å². The largest absolute Gasteiger partial charge is 0.369 e. The van der Waals surface area contributed by atoms with E-state index in [4.69, 9.17) is 0 Å². The fraction of sp³-hybridized carbons (Fsp3) is 0.280. The highest BCUT2D eigenvalue weighted by Crippen LogP contribution is 2.33. The van der Waals surface area contributed by atoms with E-state index in [-0.39, 0.29) is 11.3 Å². The number of likely N-dealkylation sites (N-methyl/N-ethyl adjacent to an activating group) is 1. The number of pyridine rings is 4. The molecule has 15 rings (SSSR count). The Bertz CT molecular complexity index is 4550. The average Bonchev–Trinajstić information content (AvgIpc) is 1.76. The number of ketones is 1. The molecule has 486 valence electrons. The van der Waals surface area contributed by atoms with Gasteiger partial charge in [-0.1, -0.05) is 24.3 Å². The third-order valence-corrected chi connectivity index (χ3v) is 18.3. The van der Waals surface area contributed by atoms with Crippen molar-refractivity contribution in [2.24, 2.45) is 0 Å². The molecule has 20 nitrogen and oxygen atoms in total. The van der Waals surface area contributed by atoms with E-state index in [1.165, 1.54) is 17.1 Å². The van der Waals surface area contributed by atoms with E-state index < -0.39 is 0 Å². The third-order valence-electron chi connectivity index (χ3n) is 18.3. The van der Waals surface area contributed by atoms with Crippen molar-refractivity contribution < 1.29 is 4.79 Å². The topological polar surface area (TPSA) is 186 Å². The summed E-state index contributed by atoms with van der Waals surface area (Å²) in [4.78, 5) is 54.3. The summed E-state index contributed by atoms with van der Waals surface area (Å²) in [5, 5.41) is 17.5. The van der Waals surface area contributed by atoms with Crippen LogP contribution in [0.25, 0.3) is 50.7 Å². The molecule has 8 aromatic heterocycles. The number of rotatable bonds is 16. The Hall–Kier alpha value is -10.5. The molecule has 0 aliphatic carbocycles. The monoisotopic (exact) mass is 1270 g/mol. The smallest absolute Gasteiger partial charge is 0.248 e. The number of piperazine rings is 3. The van der Waals surface area contributed by atoms with Gasteiger partial charge in [-0.3, -0.25) is 37.7 Å². The lowest BCUT2D eigenvalue weighted by molar-refractivity contribution is -0.116. The minimum absolute atomic E-state index is 0.122. The predicted octanol–water partition coefficient (Wildman–Crippen LogP) is 12.6. The Morgan fingerprint density at radius 3 is 1.25 bits per heavy atom. The number of anilines is 9. The Morgan fingerprint density at radius 2 is 0.874 bits per heavy atom. The number of hydrogen-bond acceptors (Lipinski definition) is 15. The van der Waals surface area contributed by atoms with Crippen LogP contribution in [0.3, 0.4) is 0 Å². The molecule has 0 unspecified atom stereocenters. The minimum Gasteiger partial charge on any atom is -0.369 e. The second-order valence-electron chi connectivity index (χ2n) is 25.3. The molecule has 20 heteroatoms. The summed E-state index contributed by atoms with van der Waals surface area (Å²) in [6.45, 7) is 23.8. The van der Waals surface area contributed by atoms with Crippen molar-refractivity contribution >= 4 is 73.9 Å². The molecule has 0 atom stereocenters. The summed E-state index contributed by atoms with van der Waals surface area (Å²) in [6, 6.07) is 51.2. The average molecular weight is 1270 g/mol. The Kier molecular flexibility index (Phi) is 19.1. The molecular weight excluding hydrogens is 1180 g/mol. The minimum atomic E-state index is -0.122. The van der Waals surface area contributed by atoms with Crippen LogP contribution in [0.15, 0.2) is 206 Å². The second kappa shape index (κ2) is 28.8. The molecule has 0 bridgehead atoms. The molecule has 3 fully saturated rings. The van der Waals surface area contributed by atoms with E-state index in [2.05, 4.69) is 228 Å². The molecule has 0 spiro atoms. The van der Waals surface area contributed by atoms with Gasteiger partial charge in [-0.05, 0) is 168 Å². The van der Waals surface area contributed by atoms with Crippen molar-refractivity contribution in [1.29, 1.82) is 0 Å². The maximum atomic E-state index is 11.7. The lowest BCUT2D eigenvalue weighted by atomic mass is 10.0. The number of nitrogens with one attached hydrogen (secondary N) is 5. The van der Waals surface area contributed by atoms with Crippen LogP contribution >= 0.6 is 0 Å². The number of carbonyl (C=O) groups excluding carboxylic acids is 1. The van der Waals surface area contributed by atoms with E-state index in [0.717, 1.165) is 169 Å². The van der Waals surface area contributed by atoms with Crippen molar-refractivity contribution in [2.75, 3.05) is 116 Å². The van der Waals surface area contributed by atoms with E-state index in [1.54, 1.807) is 25.4 Å². The number of fused-ring (bicyclic) bond motifs is 3. The SMILES string of the molecule is CC(=O)Cc1ccc(-c2ccc(Nc3ccc(N4CCN(C(C)C)CC4)cc3)c3nccn23)cc1.CC(C)N1CCN(c2ccc(Nc3ccc(-c4cc[nH]c(=O)c4)n4ccnc34)cc2)CC1.CN1CCN(c2ccc(Nc3ccc(-c4cn[nH]c4)n4ccnc34)cc2)CC1. The normalized spacial score (nSPS) is 14.9. The van der Waals surface area contributed by atoms with Gasteiger partial charge in [0.05, 0.1) is 40.3 Å². The van der Waals surface area contributed by atoms with Crippen molar-refractivity contribution in [1.82, 2.24) is 58.0 Å². The van der Waals surface area contributed by atoms with E-state index >= 15 is 0 Å². The zero-order chi connectivity index (χ0) is 65.4. The van der Waals surface area contributed by atoms with Crippen LogP contribution in [0, 0.1) is 0 Å². The lowest BCUT2D eigenvalue weighted by Crippen LogP contribution is -2.48. The van der Waals surface area contributed by atoms with Gasteiger partial charge >= 0.3 is 0 Å². The number of imidazole rings is 3. The number of aromatic nitrogens is 9. The van der Waals surface area contributed by atoms with E-state index in [9.17, 15) is 9.59 Å². The van der Waals surface area contributed by atoms with Gasteiger partial charge in [0.25, 0.3) is 0 Å². The molecule has 11 heterocycles. The number of benzene rings is 4. The van der Waals surface area contributed by atoms with Crippen molar-refractivity contribution in [3.63, 3.8) is 0 Å². The van der Waals surface area contributed by atoms with Crippen molar-refractivity contribution in [2.45, 2.75) is 53.1 Å². The van der Waals surface area contributed by atoms with Gasteiger partial charge in [0, 0.05) is 198 Å². The van der Waals surface area contributed by atoms with Crippen LogP contribution in [0.5, 0.6) is 0 Å². The number of hydrogen-bond donors (Lipinski definition) is 5. The van der Waals surface area contributed by atoms with Crippen LogP contribution in [0.4, 0.5) is 51.2 Å².